The molecule has 0 aliphatic rings. The van der Waals surface area contributed by atoms with Crippen molar-refractivity contribution in [1.82, 2.24) is 4.98 Å². The molecule has 2 aromatic rings. The van der Waals surface area contributed by atoms with Crippen molar-refractivity contribution in [2.24, 2.45) is 5.92 Å². The Labute approximate surface area is 104 Å². The van der Waals surface area contributed by atoms with Gasteiger partial charge in [-0.1, -0.05) is 44.2 Å². The molecule has 1 aromatic carbocycles. The highest BCUT2D eigenvalue weighted by molar-refractivity contribution is 5.26. The van der Waals surface area contributed by atoms with Crippen LogP contribution in [-0.4, -0.2) is 4.98 Å². The zero-order valence-electron chi connectivity index (χ0n) is 10.6. The highest BCUT2D eigenvalue weighted by Gasteiger charge is 1.99. The van der Waals surface area contributed by atoms with Crippen molar-refractivity contribution < 1.29 is 0 Å². The first-order valence-corrected chi connectivity index (χ1v) is 6.22. The molecule has 1 aromatic heterocycles. The van der Waals surface area contributed by atoms with E-state index >= 15 is 0 Å². The van der Waals surface area contributed by atoms with Crippen molar-refractivity contribution >= 4 is 0 Å². The van der Waals surface area contributed by atoms with Gasteiger partial charge in [-0.15, -0.1) is 0 Å². The van der Waals surface area contributed by atoms with E-state index in [1.807, 2.05) is 18.3 Å². The van der Waals surface area contributed by atoms with Crippen LogP contribution in [0.3, 0.4) is 0 Å². The Hall–Kier alpha value is -1.63. The lowest BCUT2D eigenvalue weighted by atomic mass is 10.0. The number of nitrogens with zero attached hydrogens (tertiary/aromatic N) is 1. The summed E-state index contributed by atoms with van der Waals surface area (Å²) in [4.78, 5) is 4.34. The van der Waals surface area contributed by atoms with E-state index in [4.69, 9.17) is 0 Å². The first kappa shape index (κ1) is 11.8. The highest BCUT2D eigenvalue weighted by Crippen LogP contribution is 2.12. The summed E-state index contributed by atoms with van der Waals surface area (Å²) in [6.07, 6.45) is 3.93. The lowest BCUT2D eigenvalue weighted by Gasteiger charge is -2.06. The molecule has 0 aliphatic heterocycles. The fourth-order valence-corrected chi connectivity index (χ4v) is 1.98. The van der Waals surface area contributed by atoms with Crippen LogP contribution in [0.25, 0.3) is 0 Å². The zero-order chi connectivity index (χ0) is 12.1. The van der Waals surface area contributed by atoms with Gasteiger partial charge in [0.1, 0.15) is 0 Å². The second-order valence-electron chi connectivity index (χ2n) is 4.91. The van der Waals surface area contributed by atoms with Crippen molar-refractivity contribution in [2.45, 2.75) is 26.7 Å². The predicted molar refractivity (Wildman–Crippen MR) is 72.0 cm³/mol. The van der Waals surface area contributed by atoms with Crippen LogP contribution in [0.5, 0.6) is 0 Å². The summed E-state index contributed by atoms with van der Waals surface area (Å²) in [6, 6.07) is 15.0. The van der Waals surface area contributed by atoms with Gasteiger partial charge in [0.25, 0.3) is 0 Å². The smallest absolute Gasteiger partial charge is 0.0447 e. The first-order chi connectivity index (χ1) is 8.24. The van der Waals surface area contributed by atoms with Gasteiger partial charge in [0.05, 0.1) is 0 Å². The molecule has 0 bridgehead atoms. The SMILES string of the molecule is CC(C)Cc1ccc(Cc2ccccn2)cc1. The number of rotatable bonds is 4. The van der Waals surface area contributed by atoms with Gasteiger partial charge in [0.15, 0.2) is 0 Å². The summed E-state index contributed by atoms with van der Waals surface area (Å²) in [6.45, 7) is 4.50. The van der Waals surface area contributed by atoms with E-state index in [0.717, 1.165) is 24.5 Å². The Morgan fingerprint density at radius 3 is 2.24 bits per heavy atom. The minimum absolute atomic E-state index is 0.719. The fraction of sp³-hybridized carbons (Fsp3) is 0.312. The number of pyridine rings is 1. The van der Waals surface area contributed by atoms with Gasteiger partial charge in [0.2, 0.25) is 0 Å². The molecule has 88 valence electrons. The average molecular weight is 225 g/mol. The molecule has 0 saturated heterocycles. The summed E-state index contributed by atoms with van der Waals surface area (Å²) in [7, 11) is 0. The maximum atomic E-state index is 4.34. The van der Waals surface area contributed by atoms with E-state index in [9.17, 15) is 0 Å². The molecule has 2 rings (SSSR count). The lowest BCUT2D eigenvalue weighted by molar-refractivity contribution is 0.647. The molecule has 0 N–H and O–H groups in total. The number of benzene rings is 1. The van der Waals surface area contributed by atoms with Crippen LogP contribution in [0.2, 0.25) is 0 Å². The van der Waals surface area contributed by atoms with E-state index in [-0.39, 0.29) is 0 Å². The van der Waals surface area contributed by atoms with Gasteiger partial charge >= 0.3 is 0 Å². The van der Waals surface area contributed by atoms with Gasteiger partial charge in [0, 0.05) is 18.3 Å². The minimum Gasteiger partial charge on any atom is -0.261 e. The summed E-state index contributed by atoms with van der Waals surface area (Å²) < 4.78 is 0. The van der Waals surface area contributed by atoms with E-state index < -0.39 is 0 Å². The van der Waals surface area contributed by atoms with Gasteiger partial charge in [-0.05, 0) is 35.6 Å². The maximum absolute atomic E-state index is 4.34. The van der Waals surface area contributed by atoms with Crippen LogP contribution in [0.15, 0.2) is 48.7 Å². The third-order valence-corrected chi connectivity index (χ3v) is 2.78. The first-order valence-electron chi connectivity index (χ1n) is 6.22. The topological polar surface area (TPSA) is 12.9 Å². The Morgan fingerprint density at radius 1 is 0.941 bits per heavy atom. The molecule has 0 radical (unpaired) electrons. The van der Waals surface area contributed by atoms with Crippen molar-refractivity contribution in [3.05, 3.63) is 65.5 Å². The molecule has 0 aliphatic carbocycles. The van der Waals surface area contributed by atoms with Crippen molar-refractivity contribution in [3.63, 3.8) is 0 Å². The maximum Gasteiger partial charge on any atom is 0.0447 e. The molecule has 0 atom stereocenters. The Kier molecular flexibility index (Phi) is 3.92. The predicted octanol–water partition coefficient (Wildman–Crippen LogP) is 3.87. The Balaban J connectivity index is 2.03. The molecule has 17 heavy (non-hydrogen) atoms. The molecule has 0 unspecified atom stereocenters. The van der Waals surface area contributed by atoms with Crippen LogP contribution in [-0.2, 0) is 12.8 Å². The number of hydrogen-bond acceptors (Lipinski definition) is 1. The third-order valence-electron chi connectivity index (χ3n) is 2.78. The third kappa shape index (κ3) is 3.70. The van der Waals surface area contributed by atoms with Crippen LogP contribution in [0, 0.1) is 5.92 Å². The van der Waals surface area contributed by atoms with E-state index in [1.165, 1.54) is 11.1 Å². The Morgan fingerprint density at radius 2 is 1.65 bits per heavy atom. The van der Waals surface area contributed by atoms with Crippen LogP contribution in [0.4, 0.5) is 0 Å². The van der Waals surface area contributed by atoms with Crippen LogP contribution >= 0.6 is 0 Å². The molecule has 1 heteroatoms. The lowest BCUT2D eigenvalue weighted by Crippen LogP contribution is -1.95. The molecular weight excluding hydrogens is 206 g/mol. The summed E-state index contributed by atoms with van der Waals surface area (Å²) in [5.74, 6) is 0.719. The molecular formula is C16H19N. The zero-order valence-corrected chi connectivity index (χ0v) is 10.6. The van der Waals surface area contributed by atoms with E-state index in [0.29, 0.717) is 0 Å². The van der Waals surface area contributed by atoms with Gasteiger partial charge in [-0.3, -0.25) is 4.98 Å². The minimum atomic E-state index is 0.719. The standard InChI is InChI=1S/C16H19N/c1-13(2)11-14-6-8-15(9-7-14)12-16-5-3-4-10-17-16/h3-10,13H,11-12H2,1-2H3. The van der Waals surface area contributed by atoms with Crippen molar-refractivity contribution in [1.29, 1.82) is 0 Å². The summed E-state index contributed by atoms with van der Waals surface area (Å²) in [5.41, 5.74) is 3.88. The molecule has 0 fully saturated rings. The Bertz CT molecular complexity index is 443. The summed E-state index contributed by atoms with van der Waals surface area (Å²) in [5, 5.41) is 0. The number of hydrogen-bond donors (Lipinski definition) is 0. The molecule has 0 amide bonds. The molecule has 0 saturated carbocycles. The fourth-order valence-electron chi connectivity index (χ4n) is 1.98. The van der Waals surface area contributed by atoms with Crippen LogP contribution in [0.1, 0.15) is 30.7 Å². The van der Waals surface area contributed by atoms with Crippen molar-refractivity contribution in [3.8, 4) is 0 Å². The quantitative estimate of drug-likeness (QED) is 0.769. The molecule has 1 nitrogen and oxygen atoms in total. The summed E-state index contributed by atoms with van der Waals surface area (Å²) >= 11 is 0. The second-order valence-corrected chi connectivity index (χ2v) is 4.91. The number of aromatic nitrogens is 1. The van der Waals surface area contributed by atoms with Gasteiger partial charge in [-0.25, -0.2) is 0 Å². The van der Waals surface area contributed by atoms with Crippen molar-refractivity contribution in [2.75, 3.05) is 0 Å². The average Bonchev–Trinajstić information content (AvgIpc) is 2.32. The monoisotopic (exact) mass is 225 g/mol. The van der Waals surface area contributed by atoms with Gasteiger partial charge < -0.3 is 0 Å². The molecule has 0 spiro atoms. The van der Waals surface area contributed by atoms with E-state index in [1.54, 1.807) is 0 Å². The van der Waals surface area contributed by atoms with E-state index in [2.05, 4.69) is 49.2 Å². The second kappa shape index (κ2) is 5.62. The van der Waals surface area contributed by atoms with Gasteiger partial charge in [-0.2, -0.15) is 0 Å². The molecule has 1 heterocycles. The normalized spacial score (nSPS) is 10.8. The largest absolute Gasteiger partial charge is 0.261 e. The van der Waals surface area contributed by atoms with Crippen LogP contribution < -0.4 is 0 Å². The highest BCUT2D eigenvalue weighted by atomic mass is 14.7.